The van der Waals surface area contributed by atoms with Crippen LogP contribution < -0.4 is 5.56 Å². The van der Waals surface area contributed by atoms with Crippen molar-refractivity contribution >= 4 is 43.0 Å². The standard InChI is InChI=1S/C26H21F2N3O2S2/c1-3-20-29-10-14(34-20)11-31-24(17-9-19(28)18(27)8-16(17)13-5-6-13)30-25-21(26(31)33)15-7-4-12(2)22(32)23(15)35-25/h4,7-10,13,32H,3,5-6,11H2,1-2H3. The van der Waals surface area contributed by atoms with E-state index < -0.39 is 11.6 Å². The normalized spacial score (nSPS) is 13.8. The van der Waals surface area contributed by atoms with Gasteiger partial charge < -0.3 is 5.11 Å². The highest BCUT2D eigenvalue weighted by atomic mass is 32.1. The van der Waals surface area contributed by atoms with E-state index in [0.29, 0.717) is 42.8 Å². The van der Waals surface area contributed by atoms with Gasteiger partial charge in [-0.3, -0.25) is 9.36 Å². The summed E-state index contributed by atoms with van der Waals surface area (Å²) in [6.45, 7) is 4.03. The van der Waals surface area contributed by atoms with E-state index in [1.54, 1.807) is 19.2 Å². The van der Waals surface area contributed by atoms with Crippen LogP contribution in [-0.2, 0) is 13.0 Å². The lowest BCUT2D eigenvalue weighted by Crippen LogP contribution is -2.24. The molecule has 0 amide bonds. The second kappa shape index (κ2) is 8.20. The van der Waals surface area contributed by atoms with Gasteiger partial charge in [-0.2, -0.15) is 0 Å². The molecule has 0 saturated heterocycles. The van der Waals surface area contributed by atoms with Crippen LogP contribution in [0, 0.1) is 18.6 Å². The molecular weight excluding hydrogens is 488 g/mol. The number of benzene rings is 2. The quantitative estimate of drug-likeness (QED) is 0.293. The average molecular weight is 510 g/mol. The fourth-order valence-corrected chi connectivity index (χ4v) is 6.50. The van der Waals surface area contributed by atoms with Crippen LogP contribution in [0.3, 0.4) is 0 Å². The van der Waals surface area contributed by atoms with Crippen LogP contribution in [0.15, 0.2) is 35.3 Å². The largest absolute Gasteiger partial charge is 0.506 e. The molecule has 35 heavy (non-hydrogen) atoms. The Morgan fingerprint density at radius 3 is 2.66 bits per heavy atom. The van der Waals surface area contributed by atoms with Gasteiger partial charge >= 0.3 is 0 Å². The summed E-state index contributed by atoms with van der Waals surface area (Å²) in [4.78, 5) is 24.6. The van der Waals surface area contributed by atoms with Crippen LogP contribution in [0.25, 0.3) is 31.7 Å². The molecule has 0 radical (unpaired) electrons. The first-order valence-corrected chi connectivity index (χ1v) is 13.1. The van der Waals surface area contributed by atoms with Crippen molar-refractivity contribution in [1.29, 1.82) is 0 Å². The fourth-order valence-electron chi connectivity index (χ4n) is 4.49. The zero-order valence-electron chi connectivity index (χ0n) is 19.1. The van der Waals surface area contributed by atoms with Gasteiger partial charge in [-0.25, -0.2) is 18.7 Å². The average Bonchev–Trinajstić information content (AvgIpc) is 3.46. The van der Waals surface area contributed by atoms with Gasteiger partial charge in [0.2, 0.25) is 0 Å². The number of nitrogens with zero attached hydrogens (tertiary/aromatic N) is 3. The number of aryl methyl sites for hydroxylation is 2. The first kappa shape index (κ1) is 22.3. The molecule has 5 nitrogen and oxygen atoms in total. The number of rotatable bonds is 5. The third-order valence-corrected chi connectivity index (χ3v) is 8.74. The number of aromatic nitrogens is 3. The van der Waals surface area contributed by atoms with E-state index in [-0.39, 0.29) is 23.8 Å². The number of phenolic OH excluding ortho intramolecular Hbond substituents is 1. The summed E-state index contributed by atoms with van der Waals surface area (Å²) in [7, 11) is 0. The summed E-state index contributed by atoms with van der Waals surface area (Å²) in [5.41, 5.74) is 1.53. The highest BCUT2D eigenvalue weighted by molar-refractivity contribution is 7.25. The molecule has 1 saturated carbocycles. The van der Waals surface area contributed by atoms with Crippen molar-refractivity contribution in [3.63, 3.8) is 0 Å². The van der Waals surface area contributed by atoms with Crippen molar-refractivity contribution in [3.8, 4) is 17.1 Å². The maximum Gasteiger partial charge on any atom is 0.263 e. The van der Waals surface area contributed by atoms with Crippen LogP contribution >= 0.6 is 22.7 Å². The zero-order valence-corrected chi connectivity index (χ0v) is 20.7. The Morgan fingerprint density at radius 2 is 1.94 bits per heavy atom. The molecule has 0 atom stereocenters. The Labute approximate surface area is 207 Å². The molecule has 5 aromatic rings. The minimum Gasteiger partial charge on any atom is -0.506 e. The van der Waals surface area contributed by atoms with Gasteiger partial charge in [-0.15, -0.1) is 22.7 Å². The number of phenols is 1. The molecule has 9 heteroatoms. The van der Waals surface area contributed by atoms with E-state index in [0.717, 1.165) is 35.2 Å². The molecule has 0 aliphatic heterocycles. The van der Waals surface area contributed by atoms with E-state index in [1.807, 2.05) is 13.0 Å². The van der Waals surface area contributed by atoms with Crippen LogP contribution in [0.1, 0.15) is 46.7 Å². The second-order valence-corrected chi connectivity index (χ2v) is 11.1. The third kappa shape index (κ3) is 3.65. The molecule has 6 rings (SSSR count). The van der Waals surface area contributed by atoms with Crippen molar-refractivity contribution < 1.29 is 13.9 Å². The maximum absolute atomic E-state index is 14.5. The minimum absolute atomic E-state index is 0.116. The van der Waals surface area contributed by atoms with Gasteiger partial charge in [0.05, 0.1) is 21.6 Å². The highest BCUT2D eigenvalue weighted by Crippen LogP contribution is 2.45. The van der Waals surface area contributed by atoms with E-state index in [4.69, 9.17) is 4.98 Å². The van der Waals surface area contributed by atoms with Gasteiger partial charge in [0, 0.05) is 22.0 Å². The third-order valence-electron chi connectivity index (χ3n) is 6.51. The molecule has 0 spiro atoms. The topological polar surface area (TPSA) is 68.0 Å². The maximum atomic E-state index is 14.5. The summed E-state index contributed by atoms with van der Waals surface area (Å²) in [5, 5.41) is 12.6. The van der Waals surface area contributed by atoms with Crippen molar-refractivity contribution in [2.24, 2.45) is 0 Å². The lowest BCUT2D eigenvalue weighted by atomic mass is 10.0. The summed E-state index contributed by atoms with van der Waals surface area (Å²) in [6.07, 6.45) is 4.30. The van der Waals surface area contributed by atoms with Gasteiger partial charge in [0.25, 0.3) is 5.56 Å². The molecule has 1 N–H and O–H groups in total. The van der Waals surface area contributed by atoms with Crippen LogP contribution in [-0.4, -0.2) is 19.6 Å². The predicted molar refractivity (Wildman–Crippen MR) is 136 cm³/mol. The van der Waals surface area contributed by atoms with E-state index >= 15 is 0 Å². The Hall–Kier alpha value is -3.17. The van der Waals surface area contributed by atoms with E-state index in [1.165, 1.54) is 33.3 Å². The molecule has 1 fully saturated rings. The molecule has 0 unspecified atom stereocenters. The molecule has 1 aliphatic rings. The Balaban J connectivity index is 1.68. The highest BCUT2D eigenvalue weighted by Gasteiger charge is 2.30. The smallest absolute Gasteiger partial charge is 0.263 e. The summed E-state index contributed by atoms with van der Waals surface area (Å²) >= 11 is 2.75. The minimum atomic E-state index is -0.971. The van der Waals surface area contributed by atoms with Gasteiger partial charge in [0.1, 0.15) is 16.4 Å². The number of thiazole rings is 1. The molecule has 178 valence electrons. The first-order valence-electron chi connectivity index (χ1n) is 11.4. The first-order chi connectivity index (χ1) is 16.9. The van der Waals surface area contributed by atoms with Gasteiger partial charge in [-0.05, 0) is 55.4 Å². The lowest BCUT2D eigenvalue weighted by molar-refractivity contribution is 0.478. The number of fused-ring (bicyclic) bond motifs is 3. The number of hydrogen-bond donors (Lipinski definition) is 1. The number of halogens is 2. The molecule has 3 aromatic heterocycles. The summed E-state index contributed by atoms with van der Waals surface area (Å²) in [6, 6.07) is 6.00. The summed E-state index contributed by atoms with van der Waals surface area (Å²) in [5.74, 6) is -1.33. The van der Waals surface area contributed by atoms with Crippen LogP contribution in [0.5, 0.6) is 5.75 Å². The molecule has 3 heterocycles. The zero-order chi connectivity index (χ0) is 24.4. The van der Waals surface area contributed by atoms with Crippen molar-refractivity contribution in [1.82, 2.24) is 14.5 Å². The number of hydrogen-bond acceptors (Lipinski definition) is 6. The van der Waals surface area contributed by atoms with Gasteiger partial charge in [0.15, 0.2) is 11.6 Å². The van der Waals surface area contributed by atoms with Gasteiger partial charge in [-0.1, -0.05) is 19.1 Å². The van der Waals surface area contributed by atoms with Crippen molar-refractivity contribution in [2.75, 3.05) is 0 Å². The van der Waals surface area contributed by atoms with Crippen molar-refractivity contribution in [2.45, 2.75) is 45.6 Å². The molecule has 0 bridgehead atoms. The Bertz CT molecular complexity index is 1700. The number of aromatic hydroxyl groups is 1. The molecular formula is C26H21F2N3O2S2. The van der Waals surface area contributed by atoms with Crippen LogP contribution in [0.2, 0.25) is 0 Å². The second-order valence-electron chi connectivity index (χ2n) is 8.92. The summed E-state index contributed by atoms with van der Waals surface area (Å²) < 4.78 is 30.8. The Kier molecular flexibility index (Phi) is 5.23. The monoisotopic (exact) mass is 509 g/mol. The number of thiophene rings is 1. The SMILES string of the molecule is CCc1ncc(Cn2c(-c3cc(F)c(F)cc3C3CC3)nc3sc4c(O)c(C)ccc4c3c2=O)s1. The Morgan fingerprint density at radius 1 is 1.17 bits per heavy atom. The molecule has 2 aromatic carbocycles. The van der Waals surface area contributed by atoms with Crippen LogP contribution in [0.4, 0.5) is 8.78 Å². The van der Waals surface area contributed by atoms with E-state index in [2.05, 4.69) is 4.98 Å². The lowest BCUT2D eigenvalue weighted by Gasteiger charge is -2.15. The van der Waals surface area contributed by atoms with Crippen molar-refractivity contribution in [3.05, 3.63) is 73.5 Å². The fraction of sp³-hybridized carbons (Fsp3) is 0.269. The predicted octanol–water partition coefficient (Wildman–Crippen LogP) is 6.52. The van der Waals surface area contributed by atoms with E-state index in [9.17, 15) is 18.7 Å². The molecule has 1 aliphatic carbocycles.